The van der Waals surface area contributed by atoms with Gasteiger partial charge in [0.15, 0.2) is 0 Å². The number of hydroxylamine groups is 2. The number of allylic oxidation sites excluding steroid dienone is 2. The van der Waals surface area contributed by atoms with E-state index in [1.54, 1.807) is 13.8 Å². The van der Waals surface area contributed by atoms with E-state index >= 15 is 0 Å². The molecule has 2 aliphatic heterocycles. The van der Waals surface area contributed by atoms with E-state index in [1.165, 1.54) is 0 Å². The molecule has 53 heavy (non-hydrogen) atoms. The topological polar surface area (TPSA) is 123 Å². The first-order valence-electron chi connectivity index (χ1n) is 18.5. The summed E-state index contributed by atoms with van der Waals surface area (Å²) in [6.45, 7) is 5.60. The van der Waals surface area contributed by atoms with Crippen molar-refractivity contribution in [1.29, 1.82) is 0 Å². The maximum atomic E-state index is 13.5. The summed E-state index contributed by atoms with van der Waals surface area (Å²) in [5, 5.41) is 0.579. The van der Waals surface area contributed by atoms with Gasteiger partial charge in [0.25, 0.3) is 17.7 Å². The SMILES string of the molecule is CC(COC(C)C(=O)N1CCN(C(c2ccccc2)(c2ccccc2)c2ccccc2)CC1)OC(=O)CCC(=O)ON1C(=O)C2C3C=CC(C3)C2C1=O. The highest BCUT2D eigenvalue weighted by molar-refractivity contribution is 6.06. The van der Waals surface area contributed by atoms with E-state index in [1.807, 2.05) is 35.3 Å². The molecule has 3 fully saturated rings. The van der Waals surface area contributed by atoms with Crippen molar-refractivity contribution >= 4 is 29.7 Å². The van der Waals surface area contributed by atoms with Crippen LogP contribution in [0, 0.1) is 23.7 Å². The number of rotatable bonds is 13. The van der Waals surface area contributed by atoms with Crippen molar-refractivity contribution in [3.05, 3.63) is 120 Å². The van der Waals surface area contributed by atoms with Crippen LogP contribution in [0.2, 0.25) is 0 Å². The Hall–Kier alpha value is -5.13. The standard InChI is InChI=1S/C42H45N3O8/c1-28(52-35(46)20-21-36(47)53-45-40(49)37-30-18-19-31(26-30)38(37)41(45)50)27-51-29(2)39(48)43-22-24-44(25-23-43)42(32-12-6-3-7-13-32,33-14-8-4-9-15-33)34-16-10-5-11-17-34/h3-19,28-31,37-38H,20-27H2,1-2H3. The summed E-state index contributed by atoms with van der Waals surface area (Å²) >= 11 is 0. The van der Waals surface area contributed by atoms with Crippen molar-refractivity contribution in [3.8, 4) is 0 Å². The molecule has 1 saturated carbocycles. The lowest BCUT2D eigenvalue weighted by Crippen LogP contribution is -2.58. The molecule has 7 rings (SSSR count). The predicted octanol–water partition coefficient (Wildman–Crippen LogP) is 4.51. The third-order valence-corrected chi connectivity index (χ3v) is 11.1. The first-order chi connectivity index (χ1) is 25.7. The number of fused-ring (bicyclic) bond motifs is 5. The van der Waals surface area contributed by atoms with Gasteiger partial charge in [0, 0.05) is 26.2 Å². The second-order valence-corrected chi connectivity index (χ2v) is 14.3. The summed E-state index contributed by atoms with van der Waals surface area (Å²) in [7, 11) is 0. The van der Waals surface area contributed by atoms with Crippen molar-refractivity contribution in [2.45, 2.75) is 50.9 Å². The van der Waals surface area contributed by atoms with Crippen LogP contribution in [0.3, 0.4) is 0 Å². The smallest absolute Gasteiger partial charge is 0.333 e. The number of piperazine rings is 1. The maximum Gasteiger partial charge on any atom is 0.333 e. The predicted molar refractivity (Wildman–Crippen MR) is 193 cm³/mol. The van der Waals surface area contributed by atoms with Gasteiger partial charge >= 0.3 is 11.9 Å². The van der Waals surface area contributed by atoms with Crippen LogP contribution in [-0.4, -0.2) is 89.5 Å². The third kappa shape index (κ3) is 7.03. The largest absolute Gasteiger partial charge is 0.460 e. The van der Waals surface area contributed by atoms with Crippen molar-refractivity contribution in [2.75, 3.05) is 32.8 Å². The highest BCUT2D eigenvalue weighted by Gasteiger charge is 2.61. The van der Waals surface area contributed by atoms with E-state index in [-0.39, 0.29) is 37.2 Å². The van der Waals surface area contributed by atoms with E-state index in [9.17, 15) is 24.0 Å². The monoisotopic (exact) mass is 719 g/mol. The zero-order chi connectivity index (χ0) is 37.1. The number of amides is 3. The van der Waals surface area contributed by atoms with Crippen molar-refractivity contribution in [3.63, 3.8) is 0 Å². The van der Waals surface area contributed by atoms with E-state index in [2.05, 4.69) is 77.7 Å². The van der Waals surface area contributed by atoms with Crippen molar-refractivity contribution in [1.82, 2.24) is 14.9 Å². The Kier molecular flexibility index (Phi) is 10.6. The van der Waals surface area contributed by atoms with Crippen LogP contribution in [0.5, 0.6) is 0 Å². The summed E-state index contributed by atoms with van der Waals surface area (Å²) in [5.41, 5.74) is 2.89. The number of carbonyl (C=O) groups is 5. The maximum absolute atomic E-state index is 13.5. The van der Waals surface area contributed by atoms with Gasteiger partial charge in [-0.2, -0.15) is 0 Å². The molecule has 3 aromatic rings. The van der Waals surface area contributed by atoms with Crippen LogP contribution in [0.1, 0.15) is 49.8 Å². The van der Waals surface area contributed by atoms with Gasteiger partial charge < -0.3 is 19.2 Å². The Balaban J connectivity index is 0.888. The molecule has 6 atom stereocenters. The molecule has 4 aliphatic rings. The van der Waals surface area contributed by atoms with Crippen molar-refractivity contribution in [2.24, 2.45) is 23.7 Å². The molecule has 2 saturated heterocycles. The minimum absolute atomic E-state index is 0.00265. The number of nitrogens with zero attached hydrogens (tertiary/aromatic N) is 3. The molecule has 3 aromatic carbocycles. The molecule has 2 aliphatic carbocycles. The van der Waals surface area contributed by atoms with Crippen LogP contribution in [0.4, 0.5) is 0 Å². The Morgan fingerprint density at radius 1 is 0.698 bits per heavy atom. The molecule has 2 bridgehead atoms. The highest BCUT2D eigenvalue weighted by Crippen LogP contribution is 2.52. The molecule has 276 valence electrons. The Morgan fingerprint density at radius 3 is 1.66 bits per heavy atom. The summed E-state index contributed by atoms with van der Waals surface area (Å²) in [6.07, 6.45) is 2.58. The third-order valence-electron chi connectivity index (χ3n) is 11.1. The average Bonchev–Trinajstić information content (AvgIpc) is 3.88. The van der Waals surface area contributed by atoms with Crippen LogP contribution >= 0.6 is 0 Å². The van der Waals surface area contributed by atoms with Crippen LogP contribution in [0.15, 0.2) is 103 Å². The lowest BCUT2D eigenvalue weighted by Gasteiger charge is -2.49. The first-order valence-corrected chi connectivity index (χ1v) is 18.5. The lowest BCUT2D eigenvalue weighted by atomic mass is 9.75. The Labute approximate surface area is 309 Å². The molecule has 0 N–H and O–H groups in total. The normalized spacial score (nSPS) is 23.5. The number of benzene rings is 3. The minimum Gasteiger partial charge on any atom is -0.460 e. The minimum atomic E-state index is -0.860. The lowest BCUT2D eigenvalue weighted by molar-refractivity contribution is -0.199. The molecule has 11 nitrogen and oxygen atoms in total. The van der Waals surface area contributed by atoms with Gasteiger partial charge in [-0.3, -0.25) is 24.1 Å². The van der Waals surface area contributed by atoms with E-state index in [0.29, 0.717) is 31.2 Å². The van der Waals surface area contributed by atoms with Gasteiger partial charge in [0.1, 0.15) is 12.2 Å². The molecular weight excluding hydrogens is 674 g/mol. The van der Waals surface area contributed by atoms with E-state index < -0.39 is 53.3 Å². The first kappa shape index (κ1) is 36.2. The van der Waals surface area contributed by atoms with Crippen molar-refractivity contribution < 1.29 is 38.3 Å². The second-order valence-electron chi connectivity index (χ2n) is 14.3. The van der Waals surface area contributed by atoms with Gasteiger partial charge in [-0.25, -0.2) is 4.79 Å². The summed E-state index contributed by atoms with van der Waals surface area (Å²) in [4.78, 5) is 73.4. The van der Waals surface area contributed by atoms with Gasteiger partial charge in [0.05, 0.1) is 36.8 Å². The number of imide groups is 1. The number of esters is 1. The fraction of sp³-hybridized carbons (Fsp3) is 0.405. The van der Waals surface area contributed by atoms with Gasteiger partial charge in [0.2, 0.25) is 0 Å². The van der Waals surface area contributed by atoms with Crippen LogP contribution in [-0.2, 0) is 43.8 Å². The molecule has 0 spiro atoms. The summed E-state index contributed by atoms with van der Waals surface area (Å²) in [5.74, 6) is -3.62. The number of hydrogen-bond donors (Lipinski definition) is 0. The Morgan fingerprint density at radius 2 is 1.17 bits per heavy atom. The zero-order valence-corrected chi connectivity index (χ0v) is 30.0. The van der Waals surface area contributed by atoms with Crippen LogP contribution in [0.25, 0.3) is 0 Å². The molecular formula is C42H45N3O8. The number of carbonyl (C=O) groups excluding carboxylic acids is 5. The Bertz CT molecular complexity index is 1720. The van der Waals surface area contributed by atoms with Crippen LogP contribution < -0.4 is 0 Å². The molecule has 6 unspecified atom stereocenters. The quantitative estimate of drug-likeness (QED) is 0.109. The number of hydrogen-bond acceptors (Lipinski definition) is 9. The van der Waals surface area contributed by atoms with Gasteiger partial charge in [-0.15, -0.1) is 5.06 Å². The highest BCUT2D eigenvalue weighted by atomic mass is 16.7. The summed E-state index contributed by atoms with van der Waals surface area (Å²) < 4.78 is 11.3. The van der Waals surface area contributed by atoms with Gasteiger partial charge in [-0.1, -0.05) is 103 Å². The fourth-order valence-electron chi connectivity index (χ4n) is 8.59. The average molecular weight is 720 g/mol. The van der Waals surface area contributed by atoms with Gasteiger partial charge in [-0.05, 0) is 48.8 Å². The molecule has 0 radical (unpaired) electrons. The molecule has 11 heteroatoms. The second kappa shape index (κ2) is 15.5. The summed E-state index contributed by atoms with van der Waals surface area (Å²) in [6, 6.07) is 31.4. The molecule has 3 amide bonds. The molecule has 2 heterocycles. The number of ether oxygens (including phenoxy) is 2. The zero-order valence-electron chi connectivity index (χ0n) is 30.0. The molecule has 0 aromatic heterocycles. The van der Waals surface area contributed by atoms with E-state index in [0.717, 1.165) is 23.1 Å². The fourth-order valence-corrected chi connectivity index (χ4v) is 8.59. The van der Waals surface area contributed by atoms with E-state index in [4.69, 9.17) is 14.3 Å².